The summed E-state index contributed by atoms with van der Waals surface area (Å²) in [5, 5.41) is 9.78. The van der Waals surface area contributed by atoms with Crippen LogP contribution in [0.5, 0.6) is 0 Å². The summed E-state index contributed by atoms with van der Waals surface area (Å²) in [7, 11) is 0. The highest BCUT2D eigenvalue weighted by atomic mass is 127. The van der Waals surface area contributed by atoms with Crippen molar-refractivity contribution in [1.29, 1.82) is 0 Å². The van der Waals surface area contributed by atoms with Crippen molar-refractivity contribution in [1.82, 2.24) is 15.6 Å². The zero-order valence-electron chi connectivity index (χ0n) is 16.5. The molecule has 1 aliphatic rings. The molecular formula is C21H25ClIN5OS. The third-order valence-corrected chi connectivity index (χ3v) is 5.94. The van der Waals surface area contributed by atoms with Gasteiger partial charge in [-0.15, -0.1) is 35.3 Å². The summed E-state index contributed by atoms with van der Waals surface area (Å²) in [6.07, 6.45) is 5.30. The monoisotopic (exact) mass is 557 g/mol. The van der Waals surface area contributed by atoms with E-state index in [-0.39, 0.29) is 30.0 Å². The van der Waals surface area contributed by atoms with Crippen LogP contribution in [0.4, 0.5) is 5.82 Å². The van der Waals surface area contributed by atoms with Gasteiger partial charge < -0.3 is 20.0 Å². The lowest BCUT2D eigenvalue weighted by molar-refractivity contribution is 0.506. The van der Waals surface area contributed by atoms with Gasteiger partial charge in [0.25, 0.3) is 0 Å². The van der Waals surface area contributed by atoms with Gasteiger partial charge in [0.1, 0.15) is 11.6 Å². The fourth-order valence-corrected chi connectivity index (χ4v) is 4.21. The molecule has 9 heteroatoms. The van der Waals surface area contributed by atoms with Gasteiger partial charge in [0, 0.05) is 43.2 Å². The maximum absolute atomic E-state index is 6.31. The summed E-state index contributed by atoms with van der Waals surface area (Å²) in [5.74, 6) is 2.64. The van der Waals surface area contributed by atoms with Crippen molar-refractivity contribution in [2.24, 2.45) is 4.99 Å². The van der Waals surface area contributed by atoms with Crippen LogP contribution in [-0.4, -0.2) is 36.6 Å². The maximum atomic E-state index is 6.31. The number of nitrogens with zero attached hydrogens (tertiary/aromatic N) is 3. The first-order valence-corrected chi connectivity index (χ1v) is 11.0. The Balaban J connectivity index is 0.00000256. The second-order valence-corrected chi connectivity index (χ2v) is 8.32. The lowest BCUT2D eigenvalue weighted by Gasteiger charge is -2.20. The molecule has 4 rings (SSSR count). The van der Waals surface area contributed by atoms with E-state index in [1.807, 2.05) is 24.3 Å². The third kappa shape index (κ3) is 6.36. The number of aliphatic imine (C=N–C) groups is 1. The maximum Gasteiger partial charge on any atom is 0.191 e. The first-order chi connectivity index (χ1) is 14.3. The van der Waals surface area contributed by atoms with Gasteiger partial charge in [0.2, 0.25) is 0 Å². The zero-order chi connectivity index (χ0) is 19.9. The molecule has 0 spiro atoms. The van der Waals surface area contributed by atoms with Gasteiger partial charge in [-0.05, 0) is 42.1 Å². The molecule has 1 atom stereocenters. The van der Waals surface area contributed by atoms with Gasteiger partial charge in [-0.2, -0.15) is 0 Å². The molecule has 1 aliphatic heterocycles. The van der Waals surface area contributed by atoms with Gasteiger partial charge in [0.15, 0.2) is 5.96 Å². The van der Waals surface area contributed by atoms with E-state index in [2.05, 4.69) is 38.0 Å². The van der Waals surface area contributed by atoms with Crippen LogP contribution in [0.2, 0.25) is 5.02 Å². The highest BCUT2D eigenvalue weighted by Gasteiger charge is 2.25. The number of furan rings is 1. The molecule has 4 heterocycles. The molecule has 0 amide bonds. The molecular weight excluding hydrogens is 533 g/mol. The fraction of sp³-hybridized carbons (Fsp3) is 0.333. The third-order valence-electron chi connectivity index (χ3n) is 4.78. The molecule has 30 heavy (non-hydrogen) atoms. The number of halogens is 2. The van der Waals surface area contributed by atoms with E-state index in [0.29, 0.717) is 11.6 Å². The Hall–Kier alpha value is -1.78. The Bertz CT molecular complexity index is 919. The minimum atomic E-state index is 0. The van der Waals surface area contributed by atoms with E-state index in [1.165, 1.54) is 4.88 Å². The van der Waals surface area contributed by atoms with E-state index < -0.39 is 0 Å². The van der Waals surface area contributed by atoms with Crippen molar-refractivity contribution in [2.45, 2.75) is 25.4 Å². The average molecular weight is 558 g/mol. The number of guanidine groups is 1. The number of rotatable bonds is 7. The van der Waals surface area contributed by atoms with E-state index in [1.54, 1.807) is 23.8 Å². The first kappa shape index (κ1) is 22.9. The Kier molecular flexibility index (Phi) is 8.83. The van der Waals surface area contributed by atoms with E-state index in [0.717, 1.165) is 50.0 Å². The normalized spacial score (nSPS) is 16.4. The highest BCUT2D eigenvalue weighted by molar-refractivity contribution is 14.0. The molecule has 160 valence electrons. The minimum absolute atomic E-state index is 0. The molecule has 1 saturated heterocycles. The quantitative estimate of drug-likeness (QED) is 0.253. The van der Waals surface area contributed by atoms with Crippen molar-refractivity contribution in [3.05, 3.63) is 69.9 Å². The number of hydrogen-bond acceptors (Lipinski definition) is 5. The Labute approximate surface area is 202 Å². The van der Waals surface area contributed by atoms with Crippen LogP contribution >= 0.6 is 46.9 Å². The number of aromatic nitrogens is 1. The van der Waals surface area contributed by atoms with E-state index in [4.69, 9.17) is 21.0 Å². The molecule has 0 aliphatic carbocycles. The van der Waals surface area contributed by atoms with E-state index in [9.17, 15) is 0 Å². The number of anilines is 1. The van der Waals surface area contributed by atoms with Crippen LogP contribution in [0.25, 0.3) is 0 Å². The fourth-order valence-electron chi connectivity index (χ4n) is 3.34. The Morgan fingerprint density at radius 2 is 2.23 bits per heavy atom. The summed E-state index contributed by atoms with van der Waals surface area (Å²) < 4.78 is 5.42. The predicted molar refractivity (Wildman–Crippen MR) is 134 cm³/mol. The zero-order valence-corrected chi connectivity index (χ0v) is 20.4. The summed E-state index contributed by atoms with van der Waals surface area (Å²) >= 11 is 8.03. The molecule has 0 aromatic carbocycles. The molecule has 1 fully saturated rings. The Morgan fingerprint density at radius 1 is 1.30 bits per heavy atom. The second-order valence-electron chi connectivity index (χ2n) is 6.89. The van der Waals surface area contributed by atoms with Gasteiger partial charge >= 0.3 is 0 Å². The van der Waals surface area contributed by atoms with Gasteiger partial charge in [-0.1, -0.05) is 17.7 Å². The second kappa shape index (κ2) is 11.6. The van der Waals surface area contributed by atoms with Crippen molar-refractivity contribution in [3.8, 4) is 0 Å². The lowest BCUT2D eigenvalue weighted by Crippen LogP contribution is -2.45. The molecule has 3 aromatic rings. The van der Waals surface area contributed by atoms with Crippen LogP contribution in [0, 0.1) is 0 Å². The number of thiophene rings is 1. The van der Waals surface area contributed by atoms with Crippen molar-refractivity contribution < 1.29 is 4.42 Å². The molecule has 0 radical (unpaired) electrons. The molecule has 6 nitrogen and oxygen atoms in total. The minimum Gasteiger partial charge on any atom is -0.469 e. The number of pyridine rings is 1. The van der Waals surface area contributed by atoms with Crippen LogP contribution in [-0.2, 0) is 13.0 Å². The summed E-state index contributed by atoms with van der Waals surface area (Å²) in [6.45, 7) is 3.18. The summed E-state index contributed by atoms with van der Waals surface area (Å²) in [6, 6.07) is 12.1. The smallest absolute Gasteiger partial charge is 0.191 e. The van der Waals surface area contributed by atoms with Crippen molar-refractivity contribution >= 4 is 58.7 Å². The van der Waals surface area contributed by atoms with Crippen LogP contribution in [0.1, 0.15) is 17.1 Å². The summed E-state index contributed by atoms with van der Waals surface area (Å²) in [4.78, 5) is 12.7. The Morgan fingerprint density at radius 3 is 3.00 bits per heavy atom. The molecule has 2 N–H and O–H groups in total. The van der Waals surface area contributed by atoms with Crippen LogP contribution in [0.3, 0.4) is 0 Å². The van der Waals surface area contributed by atoms with Crippen LogP contribution < -0.4 is 15.5 Å². The van der Waals surface area contributed by atoms with Gasteiger partial charge in [-0.3, -0.25) is 0 Å². The first-order valence-electron chi connectivity index (χ1n) is 9.73. The predicted octanol–water partition coefficient (Wildman–Crippen LogP) is 4.56. The van der Waals surface area contributed by atoms with Crippen LogP contribution in [0.15, 0.2) is 63.6 Å². The van der Waals surface area contributed by atoms with E-state index >= 15 is 0 Å². The number of hydrogen-bond donors (Lipinski definition) is 2. The average Bonchev–Trinajstić information content (AvgIpc) is 3.49. The highest BCUT2D eigenvalue weighted by Crippen LogP contribution is 2.25. The topological polar surface area (TPSA) is 65.7 Å². The lowest BCUT2D eigenvalue weighted by atomic mass is 10.3. The molecule has 3 aromatic heterocycles. The molecule has 1 unspecified atom stereocenters. The largest absolute Gasteiger partial charge is 0.469 e. The molecule has 0 bridgehead atoms. The SMILES string of the molecule is Clc1cccnc1N1CCC(NC(=NCc2cccs2)NCCc2ccco2)C1.I. The summed E-state index contributed by atoms with van der Waals surface area (Å²) in [5.41, 5.74) is 0. The number of nitrogens with one attached hydrogen (secondary N) is 2. The molecule has 0 saturated carbocycles. The van der Waals surface area contributed by atoms with Crippen molar-refractivity contribution in [3.63, 3.8) is 0 Å². The standard InChI is InChI=1S/C21H24ClN5OS.HI/c22-19-6-1-9-23-20(19)27-11-8-16(15-27)26-21(25-14-18-5-3-13-29-18)24-10-7-17-4-2-12-28-17;/h1-6,9,12-13,16H,7-8,10-11,14-15H2,(H2,24,25,26);1H. The van der Waals surface area contributed by atoms with Gasteiger partial charge in [-0.25, -0.2) is 9.98 Å². The van der Waals surface area contributed by atoms with Crippen molar-refractivity contribution in [2.75, 3.05) is 24.5 Å². The van der Waals surface area contributed by atoms with Gasteiger partial charge in [0.05, 0.1) is 17.8 Å².